The van der Waals surface area contributed by atoms with Gasteiger partial charge in [0.2, 0.25) is 0 Å². The van der Waals surface area contributed by atoms with Crippen molar-refractivity contribution < 1.29 is 4.74 Å². The van der Waals surface area contributed by atoms with Gasteiger partial charge in [-0.1, -0.05) is 0 Å². The molecule has 0 rings (SSSR count). The molecule has 0 amide bonds. The van der Waals surface area contributed by atoms with Gasteiger partial charge in [-0.25, -0.2) is 0 Å². The zero-order valence-corrected chi connectivity index (χ0v) is 9.41. The van der Waals surface area contributed by atoms with Gasteiger partial charge in [0.05, 0.1) is 12.2 Å². The van der Waals surface area contributed by atoms with Crippen LogP contribution < -0.4 is 5.73 Å². The quantitative estimate of drug-likeness (QED) is 0.674. The van der Waals surface area contributed by atoms with Crippen LogP contribution in [0.4, 0.5) is 0 Å². The normalized spacial score (nSPS) is 14.8. The summed E-state index contributed by atoms with van der Waals surface area (Å²) in [5.74, 6) is 2.06. The van der Waals surface area contributed by atoms with Gasteiger partial charge < -0.3 is 10.5 Å². The van der Waals surface area contributed by atoms with Crippen LogP contribution in [0, 0.1) is 0 Å². The van der Waals surface area contributed by atoms with E-state index >= 15 is 0 Å². The highest BCUT2D eigenvalue weighted by Crippen LogP contribution is 2.08. The second-order valence-electron chi connectivity index (χ2n) is 4.01. The Balaban J connectivity index is 3.12. The Labute approximate surface area is 80.2 Å². The highest BCUT2D eigenvalue weighted by Gasteiger charge is 2.08. The summed E-state index contributed by atoms with van der Waals surface area (Å²) in [6.45, 7) is 9.06. The average Bonchev–Trinajstić information content (AvgIpc) is 1.83. The lowest BCUT2D eigenvalue weighted by Gasteiger charge is -2.19. The number of hydrogen-bond donors (Lipinski definition) is 1. The second-order valence-corrected chi connectivity index (χ2v) is 5.16. The molecule has 0 aromatic carbocycles. The van der Waals surface area contributed by atoms with Crippen molar-refractivity contribution in [3.8, 4) is 0 Å². The van der Waals surface area contributed by atoms with Crippen molar-refractivity contribution in [2.75, 3.05) is 18.1 Å². The van der Waals surface area contributed by atoms with Crippen molar-refractivity contribution in [3.63, 3.8) is 0 Å². The maximum atomic E-state index is 5.60. The Kier molecular flexibility index (Phi) is 5.97. The zero-order chi connectivity index (χ0) is 9.61. The van der Waals surface area contributed by atoms with Crippen LogP contribution in [0.1, 0.15) is 27.7 Å². The highest BCUT2D eigenvalue weighted by atomic mass is 32.2. The fourth-order valence-corrected chi connectivity index (χ4v) is 1.42. The molecule has 0 bridgehead atoms. The standard InChI is InChI=1S/C9H21NOS/c1-8(10)7-12-6-5-11-9(2,3)4/h8H,5-7,10H2,1-4H3. The van der Waals surface area contributed by atoms with Crippen molar-refractivity contribution in [1.29, 1.82) is 0 Å². The lowest BCUT2D eigenvalue weighted by Crippen LogP contribution is -2.22. The van der Waals surface area contributed by atoms with E-state index in [9.17, 15) is 0 Å². The fraction of sp³-hybridized carbons (Fsp3) is 1.00. The van der Waals surface area contributed by atoms with E-state index in [4.69, 9.17) is 10.5 Å². The largest absolute Gasteiger partial charge is 0.375 e. The van der Waals surface area contributed by atoms with E-state index in [1.165, 1.54) is 0 Å². The number of thioether (sulfide) groups is 1. The van der Waals surface area contributed by atoms with Crippen LogP contribution in [0.2, 0.25) is 0 Å². The lowest BCUT2D eigenvalue weighted by molar-refractivity contribution is 0.00695. The monoisotopic (exact) mass is 191 g/mol. The molecular formula is C9H21NOS. The SMILES string of the molecule is CC(N)CSCCOC(C)(C)C. The van der Waals surface area contributed by atoms with Crippen molar-refractivity contribution in [2.45, 2.75) is 39.3 Å². The molecule has 1 atom stereocenters. The van der Waals surface area contributed by atoms with Gasteiger partial charge in [-0.2, -0.15) is 11.8 Å². The predicted octanol–water partition coefficient (Wildman–Crippen LogP) is 1.88. The van der Waals surface area contributed by atoms with Crippen molar-refractivity contribution >= 4 is 11.8 Å². The Morgan fingerprint density at radius 2 is 2.00 bits per heavy atom. The summed E-state index contributed by atoms with van der Waals surface area (Å²) in [6.07, 6.45) is 0. The summed E-state index contributed by atoms with van der Waals surface area (Å²) in [4.78, 5) is 0. The van der Waals surface area contributed by atoms with Crippen LogP contribution in [0.25, 0.3) is 0 Å². The molecule has 0 spiro atoms. The average molecular weight is 191 g/mol. The molecule has 2 N–H and O–H groups in total. The van der Waals surface area contributed by atoms with Gasteiger partial charge in [-0.3, -0.25) is 0 Å². The highest BCUT2D eigenvalue weighted by molar-refractivity contribution is 7.99. The predicted molar refractivity (Wildman–Crippen MR) is 56.7 cm³/mol. The third-order valence-corrected chi connectivity index (χ3v) is 2.36. The molecular weight excluding hydrogens is 170 g/mol. The molecule has 0 fully saturated rings. The first-order valence-corrected chi connectivity index (χ1v) is 5.54. The summed E-state index contributed by atoms with van der Waals surface area (Å²) >= 11 is 1.85. The second kappa shape index (κ2) is 5.84. The Morgan fingerprint density at radius 3 is 2.42 bits per heavy atom. The first kappa shape index (κ1) is 12.3. The molecule has 0 saturated carbocycles. The lowest BCUT2D eigenvalue weighted by atomic mass is 10.2. The molecule has 0 aliphatic rings. The molecule has 0 aromatic heterocycles. The van der Waals surface area contributed by atoms with Crippen LogP contribution >= 0.6 is 11.8 Å². The van der Waals surface area contributed by atoms with E-state index in [-0.39, 0.29) is 5.60 Å². The Hall–Kier alpha value is 0.270. The third-order valence-electron chi connectivity index (χ3n) is 1.14. The van der Waals surface area contributed by atoms with Gasteiger partial charge in [0.1, 0.15) is 0 Å². The molecule has 12 heavy (non-hydrogen) atoms. The molecule has 0 radical (unpaired) electrons. The first-order valence-electron chi connectivity index (χ1n) is 4.39. The minimum absolute atomic E-state index is 0.00507. The van der Waals surface area contributed by atoms with Crippen LogP contribution in [-0.4, -0.2) is 29.8 Å². The number of rotatable bonds is 5. The summed E-state index contributed by atoms with van der Waals surface area (Å²) < 4.78 is 5.55. The first-order chi connectivity index (χ1) is 5.42. The molecule has 0 aliphatic carbocycles. The van der Waals surface area contributed by atoms with E-state index in [1.807, 2.05) is 18.7 Å². The van der Waals surface area contributed by atoms with Crippen LogP contribution in [-0.2, 0) is 4.74 Å². The van der Waals surface area contributed by atoms with Gasteiger partial charge >= 0.3 is 0 Å². The fourth-order valence-electron chi connectivity index (χ4n) is 0.676. The summed E-state index contributed by atoms with van der Waals surface area (Å²) in [5.41, 5.74) is 5.59. The zero-order valence-electron chi connectivity index (χ0n) is 8.59. The van der Waals surface area contributed by atoms with Gasteiger partial charge in [-0.15, -0.1) is 0 Å². The molecule has 0 aromatic rings. The van der Waals surface area contributed by atoms with Gasteiger partial charge in [0.25, 0.3) is 0 Å². The molecule has 1 unspecified atom stereocenters. The molecule has 74 valence electrons. The number of nitrogens with two attached hydrogens (primary N) is 1. The summed E-state index contributed by atoms with van der Waals surface area (Å²) in [5, 5.41) is 0. The van der Waals surface area contributed by atoms with Gasteiger partial charge in [0.15, 0.2) is 0 Å². The van der Waals surface area contributed by atoms with E-state index in [1.54, 1.807) is 0 Å². The molecule has 2 nitrogen and oxygen atoms in total. The van der Waals surface area contributed by atoms with E-state index in [2.05, 4.69) is 20.8 Å². The van der Waals surface area contributed by atoms with E-state index in [0.29, 0.717) is 6.04 Å². The summed E-state index contributed by atoms with van der Waals surface area (Å²) in [6, 6.07) is 0.296. The third kappa shape index (κ3) is 10.3. The van der Waals surface area contributed by atoms with Crippen molar-refractivity contribution in [1.82, 2.24) is 0 Å². The van der Waals surface area contributed by atoms with E-state index in [0.717, 1.165) is 18.1 Å². The van der Waals surface area contributed by atoms with Gasteiger partial charge in [0, 0.05) is 17.5 Å². The van der Waals surface area contributed by atoms with Crippen LogP contribution in [0.3, 0.4) is 0 Å². The van der Waals surface area contributed by atoms with Gasteiger partial charge in [-0.05, 0) is 27.7 Å². The Bertz CT molecular complexity index is 110. The molecule has 3 heteroatoms. The van der Waals surface area contributed by atoms with Crippen molar-refractivity contribution in [3.05, 3.63) is 0 Å². The number of hydrogen-bond acceptors (Lipinski definition) is 3. The maximum Gasteiger partial charge on any atom is 0.0598 e. The van der Waals surface area contributed by atoms with Crippen LogP contribution in [0.15, 0.2) is 0 Å². The minimum atomic E-state index is -0.00507. The maximum absolute atomic E-state index is 5.60. The van der Waals surface area contributed by atoms with Crippen LogP contribution in [0.5, 0.6) is 0 Å². The smallest absolute Gasteiger partial charge is 0.0598 e. The molecule has 0 aliphatic heterocycles. The molecule has 0 heterocycles. The topological polar surface area (TPSA) is 35.2 Å². The Morgan fingerprint density at radius 1 is 1.42 bits per heavy atom. The van der Waals surface area contributed by atoms with Crippen molar-refractivity contribution in [2.24, 2.45) is 5.73 Å². The summed E-state index contributed by atoms with van der Waals surface area (Å²) in [7, 11) is 0. The minimum Gasteiger partial charge on any atom is -0.375 e. The number of ether oxygens (including phenoxy) is 1. The molecule has 0 saturated heterocycles. The van der Waals surface area contributed by atoms with E-state index < -0.39 is 0 Å².